The molecule has 0 unspecified atom stereocenters. The number of fused-ring (bicyclic) bond motifs is 1. The smallest absolute Gasteiger partial charge is 0.128 e. The van der Waals surface area contributed by atoms with Crippen LogP contribution in [0.15, 0.2) is 18.2 Å². The Morgan fingerprint density at radius 2 is 1.93 bits per heavy atom. The van der Waals surface area contributed by atoms with Crippen LogP contribution in [0.25, 0.3) is 0 Å². The number of nitrogens with zero attached hydrogens (tertiary/aromatic N) is 1. The van der Waals surface area contributed by atoms with Crippen molar-refractivity contribution in [3.63, 3.8) is 0 Å². The van der Waals surface area contributed by atoms with Crippen LogP contribution in [0.4, 0.5) is 4.39 Å². The van der Waals surface area contributed by atoms with Gasteiger partial charge in [0.05, 0.1) is 0 Å². The first-order valence-electron chi connectivity index (χ1n) is 5.00. The van der Waals surface area contributed by atoms with E-state index in [1.807, 2.05) is 6.07 Å². The van der Waals surface area contributed by atoms with Gasteiger partial charge in [0, 0.05) is 24.2 Å². The molecule has 0 fully saturated rings. The van der Waals surface area contributed by atoms with Gasteiger partial charge >= 0.3 is 0 Å². The molecule has 1 aromatic carbocycles. The van der Waals surface area contributed by atoms with Crippen LogP contribution in [-0.2, 0) is 13.1 Å². The lowest BCUT2D eigenvalue weighted by Gasteiger charge is -2.31. The number of hydrogen-bond donors (Lipinski definition) is 0. The lowest BCUT2D eigenvalue weighted by atomic mass is 10.1. The number of hydrogen-bond acceptors (Lipinski definition) is 1. The van der Waals surface area contributed by atoms with Crippen molar-refractivity contribution in [3.05, 3.63) is 35.1 Å². The molecule has 0 atom stereocenters. The summed E-state index contributed by atoms with van der Waals surface area (Å²) in [7, 11) is 0. The minimum atomic E-state index is -0.0609. The molecule has 1 aliphatic heterocycles. The first-order chi connectivity index (χ1) is 6.48. The van der Waals surface area contributed by atoms with E-state index in [1.54, 1.807) is 12.1 Å². The van der Waals surface area contributed by atoms with Gasteiger partial charge in [0.2, 0.25) is 0 Å². The van der Waals surface area contributed by atoms with Crippen LogP contribution >= 0.6 is 0 Å². The highest BCUT2D eigenvalue weighted by Crippen LogP contribution is 2.30. The largest absolute Gasteiger partial charge is 0.290 e. The third-order valence-electron chi connectivity index (χ3n) is 2.87. The maximum Gasteiger partial charge on any atom is 0.128 e. The molecule has 76 valence electrons. The van der Waals surface area contributed by atoms with Crippen LogP contribution in [0.2, 0.25) is 0 Å². The zero-order chi connectivity index (χ0) is 10.3. The molecule has 1 aromatic rings. The number of benzene rings is 1. The zero-order valence-electron chi connectivity index (χ0n) is 8.97. The van der Waals surface area contributed by atoms with Crippen molar-refractivity contribution in [2.24, 2.45) is 0 Å². The van der Waals surface area contributed by atoms with E-state index in [1.165, 1.54) is 0 Å². The van der Waals surface area contributed by atoms with Gasteiger partial charge in [-0.25, -0.2) is 4.39 Å². The molecule has 2 heteroatoms. The fourth-order valence-electron chi connectivity index (χ4n) is 1.86. The van der Waals surface area contributed by atoms with Gasteiger partial charge in [-0.2, -0.15) is 0 Å². The molecule has 0 radical (unpaired) electrons. The Morgan fingerprint density at radius 3 is 2.50 bits per heavy atom. The number of halogens is 1. The Morgan fingerprint density at radius 1 is 1.21 bits per heavy atom. The maximum absolute atomic E-state index is 13.4. The second kappa shape index (κ2) is 3.06. The second-order valence-electron chi connectivity index (χ2n) is 4.90. The van der Waals surface area contributed by atoms with Gasteiger partial charge in [-0.3, -0.25) is 4.90 Å². The van der Waals surface area contributed by atoms with Crippen LogP contribution in [-0.4, -0.2) is 10.4 Å². The van der Waals surface area contributed by atoms with Crippen molar-refractivity contribution in [2.45, 2.75) is 39.4 Å². The van der Waals surface area contributed by atoms with E-state index in [-0.39, 0.29) is 11.4 Å². The van der Waals surface area contributed by atoms with Gasteiger partial charge in [0.1, 0.15) is 5.82 Å². The van der Waals surface area contributed by atoms with Crippen molar-refractivity contribution >= 4 is 0 Å². The minimum Gasteiger partial charge on any atom is -0.290 e. The van der Waals surface area contributed by atoms with Gasteiger partial charge < -0.3 is 0 Å². The van der Waals surface area contributed by atoms with E-state index in [4.69, 9.17) is 0 Å². The van der Waals surface area contributed by atoms with Crippen molar-refractivity contribution in [2.75, 3.05) is 0 Å². The molecule has 0 N–H and O–H groups in total. The third kappa shape index (κ3) is 1.55. The Balaban J connectivity index is 2.31. The highest BCUT2D eigenvalue weighted by atomic mass is 19.1. The summed E-state index contributed by atoms with van der Waals surface area (Å²) < 4.78 is 13.4. The third-order valence-corrected chi connectivity index (χ3v) is 2.87. The molecule has 0 bridgehead atoms. The Bertz CT molecular complexity index is 352. The van der Waals surface area contributed by atoms with Gasteiger partial charge in [-0.1, -0.05) is 12.1 Å². The SMILES string of the molecule is CC(C)(C)N1Cc2cccc(F)c2C1. The van der Waals surface area contributed by atoms with E-state index < -0.39 is 0 Å². The first kappa shape index (κ1) is 9.66. The average molecular weight is 193 g/mol. The predicted molar refractivity (Wildman–Crippen MR) is 55.4 cm³/mol. The van der Waals surface area contributed by atoms with Gasteiger partial charge in [0.25, 0.3) is 0 Å². The van der Waals surface area contributed by atoms with E-state index >= 15 is 0 Å². The molecule has 14 heavy (non-hydrogen) atoms. The summed E-state index contributed by atoms with van der Waals surface area (Å²) in [6.07, 6.45) is 0. The van der Waals surface area contributed by atoms with Crippen molar-refractivity contribution in [1.29, 1.82) is 0 Å². The molecule has 1 heterocycles. The Labute approximate surface area is 84.5 Å². The normalized spacial score (nSPS) is 17.1. The van der Waals surface area contributed by atoms with Gasteiger partial charge in [-0.05, 0) is 32.4 Å². The fourth-order valence-corrected chi connectivity index (χ4v) is 1.86. The first-order valence-corrected chi connectivity index (χ1v) is 5.00. The molecular formula is C12H16FN. The zero-order valence-corrected chi connectivity index (χ0v) is 8.97. The maximum atomic E-state index is 13.4. The average Bonchev–Trinajstić information content (AvgIpc) is 2.48. The Hall–Kier alpha value is -0.890. The van der Waals surface area contributed by atoms with E-state index in [0.29, 0.717) is 0 Å². The Kier molecular flexibility index (Phi) is 2.11. The standard InChI is InChI=1S/C12H16FN/c1-12(2,3)14-7-9-5-4-6-11(13)10(9)8-14/h4-6H,7-8H2,1-3H3. The lowest BCUT2D eigenvalue weighted by Crippen LogP contribution is -2.36. The van der Waals surface area contributed by atoms with Crippen LogP contribution < -0.4 is 0 Å². The lowest BCUT2D eigenvalue weighted by molar-refractivity contribution is 0.135. The topological polar surface area (TPSA) is 3.24 Å². The second-order valence-corrected chi connectivity index (χ2v) is 4.90. The molecule has 0 aliphatic carbocycles. The minimum absolute atomic E-state index is 0.0609. The molecule has 0 saturated carbocycles. The summed E-state index contributed by atoms with van der Waals surface area (Å²) in [6, 6.07) is 5.36. The van der Waals surface area contributed by atoms with E-state index in [0.717, 1.165) is 24.2 Å². The van der Waals surface area contributed by atoms with Crippen LogP contribution in [0.1, 0.15) is 31.9 Å². The van der Waals surface area contributed by atoms with E-state index in [9.17, 15) is 4.39 Å². The van der Waals surface area contributed by atoms with Crippen molar-refractivity contribution in [3.8, 4) is 0 Å². The summed E-state index contributed by atoms with van der Waals surface area (Å²) in [6.45, 7) is 8.10. The van der Waals surface area contributed by atoms with Crippen LogP contribution in [0, 0.1) is 5.82 Å². The van der Waals surface area contributed by atoms with Crippen molar-refractivity contribution < 1.29 is 4.39 Å². The summed E-state index contributed by atoms with van der Waals surface area (Å²) in [4.78, 5) is 2.29. The van der Waals surface area contributed by atoms with Crippen LogP contribution in [0.5, 0.6) is 0 Å². The molecule has 2 rings (SSSR count). The monoisotopic (exact) mass is 193 g/mol. The predicted octanol–water partition coefficient (Wildman–Crippen LogP) is 2.94. The molecule has 1 nitrogen and oxygen atoms in total. The summed E-state index contributed by atoms with van der Waals surface area (Å²) in [5.74, 6) is -0.0609. The molecular weight excluding hydrogens is 177 g/mol. The molecule has 1 aliphatic rings. The van der Waals surface area contributed by atoms with Crippen molar-refractivity contribution in [1.82, 2.24) is 4.90 Å². The highest BCUT2D eigenvalue weighted by molar-refractivity contribution is 5.32. The quantitative estimate of drug-likeness (QED) is 0.612. The van der Waals surface area contributed by atoms with Gasteiger partial charge in [0.15, 0.2) is 0 Å². The summed E-state index contributed by atoms with van der Waals surface area (Å²) in [5, 5.41) is 0. The molecule has 0 aromatic heterocycles. The molecule has 0 spiro atoms. The highest BCUT2D eigenvalue weighted by Gasteiger charge is 2.29. The van der Waals surface area contributed by atoms with E-state index in [2.05, 4.69) is 25.7 Å². The fraction of sp³-hybridized carbons (Fsp3) is 0.500. The molecule has 0 saturated heterocycles. The summed E-state index contributed by atoms with van der Waals surface area (Å²) >= 11 is 0. The molecule has 0 amide bonds. The number of rotatable bonds is 0. The van der Waals surface area contributed by atoms with Gasteiger partial charge in [-0.15, -0.1) is 0 Å². The summed E-state index contributed by atoms with van der Waals surface area (Å²) in [5.41, 5.74) is 2.13. The van der Waals surface area contributed by atoms with Crippen LogP contribution in [0.3, 0.4) is 0 Å².